The highest BCUT2D eigenvalue weighted by molar-refractivity contribution is 5.95. The van der Waals surface area contributed by atoms with Crippen LogP contribution in [0.15, 0.2) is 36.8 Å². The summed E-state index contributed by atoms with van der Waals surface area (Å²) < 4.78 is 1.81. The first-order valence-electron chi connectivity index (χ1n) is 8.10. The molecule has 1 N–H and O–H groups in total. The number of nitrogens with zero attached hydrogens (tertiary/aromatic N) is 4. The molecule has 7 heteroatoms. The number of hydrogen-bond donors (Lipinski definition) is 1. The number of amides is 2. The molecule has 3 rings (SSSR count). The second kappa shape index (κ2) is 6.77. The van der Waals surface area contributed by atoms with E-state index in [2.05, 4.69) is 10.3 Å². The van der Waals surface area contributed by atoms with E-state index in [1.54, 1.807) is 41.7 Å². The number of fused-ring (bicyclic) bond motifs is 1. The third-order valence-electron chi connectivity index (χ3n) is 4.09. The first-order valence-corrected chi connectivity index (χ1v) is 8.10. The van der Waals surface area contributed by atoms with Crippen molar-refractivity contribution < 1.29 is 9.59 Å². The summed E-state index contributed by atoms with van der Waals surface area (Å²) in [5.41, 5.74) is 1.68. The van der Waals surface area contributed by atoms with E-state index in [1.807, 2.05) is 24.5 Å². The standard InChI is InChI=1S/C18H19N5O2/c1-12(2)21-17(24)16-10-22(9-15-8-20-11-23(15)16)18(25)14-5-3-4-13(6-14)7-19/h3-6,8,11-12,16H,9-10H2,1-2H3,(H,21,24). The smallest absolute Gasteiger partial charge is 0.254 e. The number of hydrogen-bond acceptors (Lipinski definition) is 4. The summed E-state index contributed by atoms with van der Waals surface area (Å²) in [5.74, 6) is -0.343. The molecular weight excluding hydrogens is 318 g/mol. The minimum absolute atomic E-state index is 0.0119. The highest BCUT2D eigenvalue weighted by Gasteiger charge is 2.33. The minimum Gasteiger partial charge on any atom is -0.352 e. The molecular formula is C18H19N5O2. The van der Waals surface area contributed by atoms with E-state index < -0.39 is 6.04 Å². The van der Waals surface area contributed by atoms with Crippen LogP contribution >= 0.6 is 0 Å². The Labute approximate surface area is 145 Å². The van der Waals surface area contributed by atoms with Gasteiger partial charge in [0.1, 0.15) is 6.04 Å². The van der Waals surface area contributed by atoms with Crippen molar-refractivity contribution in [3.8, 4) is 6.07 Å². The van der Waals surface area contributed by atoms with Gasteiger partial charge in [-0.2, -0.15) is 5.26 Å². The lowest BCUT2D eigenvalue weighted by molar-refractivity contribution is -0.125. The van der Waals surface area contributed by atoms with E-state index in [4.69, 9.17) is 5.26 Å². The van der Waals surface area contributed by atoms with Crippen LogP contribution < -0.4 is 5.32 Å². The summed E-state index contributed by atoms with van der Waals surface area (Å²) in [6.45, 7) is 4.43. The number of carbonyl (C=O) groups is 2. The van der Waals surface area contributed by atoms with Crippen LogP contribution in [0.25, 0.3) is 0 Å². The zero-order valence-corrected chi connectivity index (χ0v) is 14.1. The normalized spacial score (nSPS) is 16.2. The minimum atomic E-state index is -0.517. The highest BCUT2D eigenvalue weighted by atomic mass is 16.2. The number of nitrogens with one attached hydrogen (secondary N) is 1. The molecule has 7 nitrogen and oxygen atoms in total. The van der Waals surface area contributed by atoms with E-state index in [1.165, 1.54) is 0 Å². The Kier molecular flexibility index (Phi) is 4.52. The topological polar surface area (TPSA) is 91.0 Å². The first-order chi connectivity index (χ1) is 12.0. The molecule has 1 aromatic carbocycles. The molecule has 1 aliphatic rings. The van der Waals surface area contributed by atoms with Crippen LogP contribution in [-0.4, -0.2) is 38.9 Å². The average molecular weight is 337 g/mol. The van der Waals surface area contributed by atoms with Crippen molar-refractivity contribution in [3.63, 3.8) is 0 Å². The van der Waals surface area contributed by atoms with Crippen molar-refractivity contribution in [1.82, 2.24) is 19.8 Å². The van der Waals surface area contributed by atoms with Gasteiger partial charge in [-0.1, -0.05) is 6.07 Å². The molecule has 1 aliphatic heterocycles. The number of rotatable bonds is 3. The summed E-state index contributed by atoms with van der Waals surface area (Å²) >= 11 is 0. The summed E-state index contributed by atoms with van der Waals surface area (Å²) in [5, 5.41) is 11.9. The molecule has 0 radical (unpaired) electrons. The molecule has 2 amide bonds. The fourth-order valence-corrected chi connectivity index (χ4v) is 2.94. The molecule has 0 aliphatic carbocycles. The number of benzene rings is 1. The zero-order valence-electron chi connectivity index (χ0n) is 14.1. The van der Waals surface area contributed by atoms with Crippen LogP contribution in [-0.2, 0) is 11.3 Å². The summed E-state index contributed by atoms with van der Waals surface area (Å²) in [6, 6.07) is 8.11. The maximum atomic E-state index is 12.8. The van der Waals surface area contributed by atoms with Crippen molar-refractivity contribution in [2.24, 2.45) is 0 Å². The van der Waals surface area contributed by atoms with Gasteiger partial charge in [-0.3, -0.25) is 9.59 Å². The third kappa shape index (κ3) is 3.38. The summed E-state index contributed by atoms with van der Waals surface area (Å²) in [4.78, 5) is 31.1. The first kappa shape index (κ1) is 16.7. The van der Waals surface area contributed by atoms with E-state index in [9.17, 15) is 9.59 Å². The fraction of sp³-hybridized carbons (Fsp3) is 0.333. The van der Waals surface area contributed by atoms with Crippen LogP contribution in [0.3, 0.4) is 0 Å². The van der Waals surface area contributed by atoms with Crippen LogP contribution in [0, 0.1) is 11.3 Å². The Balaban J connectivity index is 1.87. The van der Waals surface area contributed by atoms with Gasteiger partial charge in [-0.25, -0.2) is 4.98 Å². The maximum absolute atomic E-state index is 12.8. The van der Waals surface area contributed by atoms with Crippen LogP contribution in [0.4, 0.5) is 0 Å². The van der Waals surface area contributed by atoms with Gasteiger partial charge in [0.25, 0.3) is 5.91 Å². The molecule has 0 bridgehead atoms. The number of imidazole rings is 1. The van der Waals surface area contributed by atoms with Crippen molar-refractivity contribution >= 4 is 11.8 Å². The molecule has 1 unspecified atom stereocenters. The summed E-state index contributed by atoms with van der Waals surface area (Å²) in [6.07, 6.45) is 3.29. The van der Waals surface area contributed by atoms with Gasteiger partial charge in [0, 0.05) is 17.8 Å². The van der Waals surface area contributed by atoms with Crippen molar-refractivity contribution in [2.45, 2.75) is 32.5 Å². The second-order valence-corrected chi connectivity index (χ2v) is 6.35. The molecule has 2 aromatic rings. The number of nitriles is 1. The van der Waals surface area contributed by atoms with E-state index >= 15 is 0 Å². The van der Waals surface area contributed by atoms with Gasteiger partial charge in [-0.05, 0) is 32.0 Å². The van der Waals surface area contributed by atoms with Gasteiger partial charge in [0.05, 0.1) is 36.7 Å². The Morgan fingerprint density at radius 2 is 2.20 bits per heavy atom. The van der Waals surface area contributed by atoms with E-state index in [-0.39, 0.29) is 24.4 Å². The van der Waals surface area contributed by atoms with E-state index in [0.29, 0.717) is 17.7 Å². The predicted molar refractivity (Wildman–Crippen MR) is 90.4 cm³/mol. The molecule has 128 valence electrons. The highest BCUT2D eigenvalue weighted by Crippen LogP contribution is 2.23. The van der Waals surface area contributed by atoms with Crippen LogP contribution in [0.2, 0.25) is 0 Å². The number of carbonyl (C=O) groups excluding carboxylic acids is 2. The lowest BCUT2D eigenvalue weighted by atomic mass is 10.1. The number of aromatic nitrogens is 2. The largest absolute Gasteiger partial charge is 0.352 e. The molecule has 0 saturated heterocycles. The Morgan fingerprint density at radius 3 is 2.92 bits per heavy atom. The molecule has 1 aromatic heterocycles. The van der Waals surface area contributed by atoms with Gasteiger partial charge in [-0.15, -0.1) is 0 Å². The van der Waals surface area contributed by atoms with Gasteiger partial charge in [0.2, 0.25) is 5.91 Å². The Bertz CT molecular complexity index is 849. The van der Waals surface area contributed by atoms with Gasteiger partial charge in [0.15, 0.2) is 0 Å². The Morgan fingerprint density at radius 1 is 1.40 bits per heavy atom. The van der Waals surface area contributed by atoms with Gasteiger partial charge < -0.3 is 14.8 Å². The average Bonchev–Trinajstić information content (AvgIpc) is 3.08. The van der Waals surface area contributed by atoms with Crippen molar-refractivity contribution in [3.05, 3.63) is 53.6 Å². The van der Waals surface area contributed by atoms with Crippen molar-refractivity contribution in [1.29, 1.82) is 5.26 Å². The lowest BCUT2D eigenvalue weighted by Gasteiger charge is -2.34. The van der Waals surface area contributed by atoms with Crippen LogP contribution in [0.5, 0.6) is 0 Å². The third-order valence-corrected chi connectivity index (χ3v) is 4.09. The fourth-order valence-electron chi connectivity index (χ4n) is 2.94. The van der Waals surface area contributed by atoms with Gasteiger partial charge >= 0.3 is 0 Å². The van der Waals surface area contributed by atoms with Crippen molar-refractivity contribution in [2.75, 3.05) is 6.54 Å². The molecule has 0 spiro atoms. The van der Waals surface area contributed by atoms with E-state index in [0.717, 1.165) is 5.69 Å². The molecule has 25 heavy (non-hydrogen) atoms. The second-order valence-electron chi connectivity index (χ2n) is 6.35. The van der Waals surface area contributed by atoms with Crippen LogP contribution in [0.1, 0.15) is 41.5 Å². The molecule has 2 heterocycles. The monoisotopic (exact) mass is 337 g/mol. The quantitative estimate of drug-likeness (QED) is 0.918. The molecule has 1 atom stereocenters. The Hall–Kier alpha value is -3.14. The SMILES string of the molecule is CC(C)NC(=O)C1CN(C(=O)c2cccc(C#N)c2)Cc2cncn21. The summed E-state index contributed by atoms with van der Waals surface area (Å²) in [7, 11) is 0. The predicted octanol–water partition coefficient (Wildman–Crippen LogP) is 1.48. The molecule has 0 fully saturated rings. The molecule has 0 saturated carbocycles. The zero-order chi connectivity index (χ0) is 18.0. The lowest BCUT2D eigenvalue weighted by Crippen LogP contribution is -2.47. The maximum Gasteiger partial charge on any atom is 0.254 e.